The Morgan fingerprint density at radius 1 is 1.32 bits per heavy atom. The largest absolute Gasteiger partial charge is 0.383 e. The van der Waals surface area contributed by atoms with Crippen LogP contribution in [-0.4, -0.2) is 36.6 Å². The molecule has 0 bridgehead atoms. The van der Waals surface area contributed by atoms with Crippen LogP contribution in [0.3, 0.4) is 0 Å². The highest BCUT2D eigenvalue weighted by Crippen LogP contribution is 2.42. The van der Waals surface area contributed by atoms with E-state index in [1.54, 1.807) is 6.20 Å². The Kier molecular flexibility index (Phi) is 4.42. The molecule has 3 N–H and O–H groups in total. The topological polar surface area (TPSA) is 54.2 Å². The van der Waals surface area contributed by atoms with E-state index in [0.29, 0.717) is 5.82 Å². The molecule has 0 saturated heterocycles. The van der Waals surface area contributed by atoms with Gasteiger partial charge >= 0.3 is 0 Å². The number of hydrogen-bond acceptors (Lipinski definition) is 4. The average molecular weight is 262 g/mol. The van der Waals surface area contributed by atoms with Crippen LogP contribution in [0, 0.1) is 0 Å². The first-order valence-corrected chi connectivity index (χ1v) is 7.17. The second kappa shape index (κ2) is 5.88. The third-order valence-corrected chi connectivity index (χ3v) is 4.62. The van der Waals surface area contributed by atoms with Crippen LogP contribution in [0.25, 0.3) is 0 Å². The lowest BCUT2D eigenvalue weighted by Crippen LogP contribution is -2.54. The summed E-state index contributed by atoms with van der Waals surface area (Å²) in [6, 6.07) is 4.31. The number of aromatic nitrogens is 1. The summed E-state index contributed by atoms with van der Waals surface area (Å²) in [5.41, 5.74) is 7.36. The number of anilines is 1. The molecule has 4 heteroatoms. The average Bonchev–Trinajstić information content (AvgIpc) is 2.42. The first kappa shape index (κ1) is 14.3. The maximum Gasteiger partial charge on any atom is 0.128 e. The van der Waals surface area contributed by atoms with Crippen LogP contribution in [0.4, 0.5) is 5.82 Å². The predicted molar refractivity (Wildman–Crippen MR) is 80.0 cm³/mol. The first-order chi connectivity index (χ1) is 9.12. The third-order valence-electron chi connectivity index (χ3n) is 4.62. The molecule has 1 atom stereocenters. The summed E-state index contributed by atoms with van der Waals surface area (Å²) < 4.78 is 0. The Balaban J connectivity index is 2.40. The summed E-state index contributed by atoms with van der Waals surface area (Å²) in [6.45, 7) is 0. The van der Waals surface area contributed by atoms with Crippen molar-refractivity contribution in [1.82, 2.24) is 15.2 Å². The monoisotopic (exact) mass is 262 g/mol. The molecule has 0 aliphatic heterocycles. The summed E-state index contributed by atoms with van der Waals surface area (Å²) in [6.07, 6.45) is 8.09. The number of hydrogen-bond donors (Lipinski definition) is 2. The molecule has 0 aromatic carbocycles. The smallest absolute Gasteiger partial charge is 0.128 e. The van der Waals surface area contributed by atoms with Crippen molar-refractivity contribution < 1.29 is 0 Å². The van der Waals surface area contributed by atoms with Gasteiger partial charge in [-0.05, 0) is 40.1 Å². The van der Waals surface area contributed by atoms with Gasteiger partial charge in [0.05, 0.1) is 6.04 Å². The van der Waals surface area contributed by atoms with Gasteiger partial charge in [-0.1, -0.05) is 25.3 Å². The molecule has 0 amide bonds. The minimum Gasteiger partial charge on any atom is -0.383 e. The molecular weight excluding hydrogens is 236 g/mol. The van der Waals surface area contributed by atoms with E-state index in [2.05, 4.69) is 35.4 Å². The zero-order chi connectivity index (χ0) is 13.9. The Hall–Kier alpha value is -1.13. The second-order valence-corrected chi connectivity index (χ2v) is 5.76. The summed E-state index contributed by atoms with van der Waals surface area (Å²) in [5, 5.41) is 3.49. The van der Waals surface area contributed by atoms with Crippen LogP contribution in [0.2, 0.25) is 0 Å². The second-order valence-electron chi connectivity index (χ2n) is 5.76. The van der Waals surface area contributed by atoms with E-state index in [1.807, 2.05) is 13.1 Å². The summed E-state index contributed by atoms with van der Waals surface area (Å²) >= 11 is 0. The molecule has 19 heavy (non-hydrogen) atoms. The molecule has 1 saturated carbocycles. The predicted octanol–water partition coefficient (Wildman–Crippen LogP) is 2.19. The zero-order valence-corrected chi connectivity index (χ0v) is 12.3. The normalized spacial score (nSPS) is 20.4. The van der Waals surface area contributed by atoms with E-state index in [9.17, 15) is 0 Å². The van der Waals surface area contributed by atoms with E-state index in [4.69, 9.17) is 5.73 Å². The van der Waals surface area contributed by atoms with Crippen LogP contribution in [0.15, 0.2) is 18.3 Å². The zero-order valence-electron chi connectivity index (χ0n) is 12.3. The quantitative estimate of drug-likeness (QED) is 0.873. The standard InChI is InChI=1S/C15H26N4/c1-17-13(12-8-7-11-18-14(12)16)15(19(2)3)9-5-4-6-10-15/h7-8,11,13,17H,4-6,9-10H2,1-3H3,(H2,16,18). The first-order valence-electron chi connectivity index (χ1n) is 7.17. The van der Waals surface area contributed by atoms with Gasteiger partial charge in [-0.25, -0.2) is 4.98 Å². The van der Waals surface area contributed by atoms with Gasteiger partial charge in [0.2, 0.25) is 0 Å². The van der Waals surface area contributed by atoms with E-state index in [0.717, 1.165) is 5.56 Å². The van der Waals surface area contributed by atoms with Crippen LogP contribution in [0.5, 0.6) is 0 Å². The van der Waals surface area contributed by atoms with Gasteiger partial charge in [0.1, 0.15) is 5.82 Å². The minimum absolute atomic E-state index is 0.143. The van der Waals surface area contributed by atoms with Gasteiger partial charge in [-0.3, -0.25) is 0 Å². The van der Waals surface area contributed by atoms with Crippen molar-refractivity contribution in [3.63, 3.8) is 0 Å². The molecule has 0 radical (unpaired) electrons. The number of nitrogens with zero attached hydrogens (tertiary/aromatic N) is 2. The van der Waals surface area contributed by atoms with Crippen molar-refractivity contribution in [2.24, 2.45) is 0 Å². The number of nitrogen functional groups attached to an aromatic ring is 1. The van der Waals surface area contributed by atoms with Crippen molar-refractivity contribution in [2.75, 3.05) is 26.9 Å². The van der Waals surface area contributed by atoms with Crippen molar-refractivity contribution >= 4 is 5.82 Å². The molecule has 1 aromatic heterocycles. The number of nitrogens with two attached hydrogens (primary N) is 1. The Labute approximate surface area is 116 Å². The van der Waals surface area contributed by atoms with Gasteiger partial charge < -0.3 is 16.0 Å². The van der Waals surface area contributed by atoms with Gasteiger partial charge in [0.15, 0.2) is 0 Å². The molecule has 2 rings (SSSR count). The molecule has 106 valence electrons. The number of rotatable bonds is 4. The Bertz CT molecular complexity index is 410. The van der Waals surface area contributed by atoms with Crippen LogP contribution >= 0.6 is 0 Å². The van der Waals surface area contributed by atoms with Gasteiger partial charge in [0, 0.05) is 17.3 Å². The maximum atomic E-state index is 6.09. The van der Waals surface area contributed by atoms with Crippen molar-refractivity contribution in [3.05, 3.63) is 23.9 Å². The summed E-state index contributed by atoms with van der Waals surface area (Å²) in [5.74, 6) is 0.647. The lowest BCUT2D eigenvalue weighted by atomic mass is 9.73. The highest BCUT2D eigenvalue weighted by atomic mass is 15.2. The number of nitrogens with one attached hydrogen (secondary N) is 1. The fourth-order valence-corrected chi connectivity index (χ4v) is 3.55. The highest BCUT2D eigenvalue weighted by Gasteiger charge is 2.42. The van der Waals surface area contributed by atoms with Crippen molar-refractivity contribution in [1.29, 1.82) is 0 Å². The van der Waals surface area contributed by atoms with Crippen LogP contribution < -0.4 is 11.1 Å². The van der Waals surface area contributed by atoms with Crippen LogP contribution in [0.1, 0.15) is 43.7 Å². The molecule has 1 heterocycles. The number of likely N-dealkylation sites (N-methyl/N-ethyl adjacent to an activating group) is 2. The fraction of sp³-hybridized carbons (Fsp3) is 0.667. The van der Waals surface area contributed by atoms with E-state index < -0.39 is 0 Å². The van der Waals surface area contributed by atoms with Gasteiger partial charge in [-0.15, -0.1) is 0 Å². The van der Waals surface area contributed by atoms with E-state index in [1.165, 1.54) is 32.1 Å². The molecule has 0 spiro atoms. The van der Waals surface area contributed by atoms with E-state index >= 15 is 0 Å². The molecular formula is C15H26N4. The molecule has 1 aliphatic carbocycles. The fourth-order valence-electron chi connectivity index (χ4n) is 3.55. The third kappa shape index (κ3) is 2.60. The Morgan fingerprint density at radius 2 is 2.00 bits per heavy atom. The van der Waals surface area contributed by atoms with E-state index in [-0.39, 0.29) is 11.6 Å². The molecule has 1 fully saturated rings. The molecule has 4 nitrogen and oxygen atoms in total. The van der Waals surface area contributed by atoms with Crippen LogP contribution in [-0.2, 0) is 0 Å². The molecule has 1 aliphatic rings. The number of pyridine rings is 1. The minimum atomic E-state index is 0.143. The lowest BCUT2D eigenvalue weighted by molar-refractivity contribution is 0.0596. The molecule has 1 aromatic rings. The molecule has 1 unspecified atom stereocenters. The van der Waals surface area contributed by atoms with Crippen molar-refractivity contribution in [2.45, 2.75) is 43.7 Å². The SMILES string of the molecule is CNC(c1cccnc1N)C1(N(C)C)CCCCC1. The maximum absolute atomic E-state index is 6.09. The highest BCUT2D eigenvalue weighted by molar-refractivity contribution is 5.42. The van der Waals surface area contributed by atoms with Gasteiger partial charge in [0.25, 0.3) is 0 Å². The summed E-state index contributed by atoms with van der Waals surface area (Å²) in [4.78, 5) is 6.63. The summed E-state index contributed by atoms with van der Waals surface area (Å²) in [7, 11) is 6.39. The van der Waals surface area contributed by atoms with Crippen molar-refractivity contribution in [3.8, 4) is 0 Å². The lowest BCUT2D eigenvalue weighted by Gasteiger charge is -2.48. The van der Waals surface area contributed by atoms with Gasteiger partial charge in [-0.2, -0.15) is 0 Å². The Morgan fingerprint density at radius 3 is 2.53 bits per heavy atom.